The third-order valence-electron chi connectivity index (χ3n) is 8.14. The highest BCUT2D eigenvalue weighted by Crippen LogP contribution is 2.39. The molecule has 202 valence electrons. The Hall–Kier alpha value is -2.89. The van der Waals surface area contributed by atoms with Crippen LogP contribution in [0.1, 0.15) is 49.5 Å². The van der Waals surface area contributed by atoms with Gasteiger partial charge in [0.25, 0.3) is 0 Å². The van der Waals surface area contributed by atoms with Gasteiger partial charge < -0.3 is 25.7 Å². The van der Waals surface area contributed by atoms with Crippen molar-refractivity contribution in [3.05, 3.63) is 47.1 Å². The van der Waals surface area contributed by atoms with E-state index in [2.05, 4.69) is 25.3 Å². The van der Waals surface area contributed by atoms with Gasteiger partial charge in [-0.1, -0.05) is 11.6 Å². The molecular formula is C26H29ClF3N7O. The molecule has 1 aromatic carbocycles. The van der Waals surface area contributed by atoms with E-state index in [1.54, 1.807) is 0 Å². The van der Waals surface area contributed by atoms with Crippen LogP contribution in [-0.2, 0) is 12.6 Å². The summed E-state index contributed by atoms with van der Waals surface area (Å²) in [6.07, 6.45) is 3.77. The molecule has 0 saturated heterocycles. The molecule has 2 aliphatic carbocycles. The Morgan fingerprint density at radius 2 is 1.97 bits per heavy atom. The average molecular weight is 548 g/mol. The van der Waals surface area contributed by atoms with Gasteiger partial charge in [0, 0.05) is 18.7 Å². The number of aromatic nitrogens is 5. The number of H-pyrrole nitrogens is 1. The lowest BCUT2D eigenvalue weighted by atomic mass is 9.77. The first-order valence-corrected chi connectivity index (χ1v) is 13.3. The Kier molecular flexibility index (Phi) is 6.48. The van der Waals surface area contributed by atoms with Crippen LogP contribution >= 0.6 is 11.6 Å². The number of benzene rings is 1. The first-order chi connectivity index (χ1) is 18.2. The number of aliphatic hydroxyl groups excluding tert-OH is 1. The molecule has 2 aliphatic rings. The quantitative estimate of drug-likeness (QED) is 0.262. The Bertz CT molecular complexity index is 1460. The Balaban J connectivity index is 0.971. The summed E-state index contributed by atoms with van der Waals surface area (Å²) in [4.78, 5) is 15.9. The van der Waals surface area contributed by atoms with Crippen LogP contribution in [0.4, 0.5) is 19.0 Å². The molecule has 3 atom stereocenters. The summed E-state index contributed by atoms with van der Waals surface area (Å²) in [6.45, 7) is 0.854. The number of fused-ring (bicyclic) bond motifs is 2. The molecule has 2 saturated carbocycles. The van der Waals surface area contributed by atoms with Gasteiger partial charge in [-0.25, -0.2) is 15.0 Å². The van der Waals surface area contributed by atoms with Crippen molar-refractivity contribution in [1.82, 2.24) is 29.8 Å². The van der Waals surface area contributed by atoms with E-state index in [1.807, 2.05) is 16.8 Å². The molecule has 3 heterocycles. The lowest BCUT2D eigenvalue weighted by Crippen LogP contribution is -2.43. The third-order valence-corrected chi connectivity index (χ3v) is 8.45. The van der Waals surface area contributed by atoms with Gasteiger partial charge in [0.15, 0.2) is 0 Å². The van der Waals surface area contributed by atoms with Crippen molar-refractivity contribution in [2.45, 2.75) is 62.9 Å². The highest BCUT2D eigenvalue weighted by Gasteiger charge is 2.37. The second-order valence-electron chi connectivity index (χ2n) is 10.7. The van der Waals surface area contributed by atoms with Crippen molar-refractivity contribution in [3.63, 3.8) is 0 Å². The van der Waals surface area contributed by atoms with Gasteiger partial charge in [0.1, 0.15) is 23.6 Å². The SMILES string of the molecule is Nc1ncnc2c1ccn2[C@@H]1C[C@H](CN[C@H]2C[C@@H](CCc3nc4cc(Cl)c(C(F)(F)F)cc4[nH]3)C2)C[C@H]1O. The minimum atomic E-state index is -4.50. The monoisotopic (exact) mass is 547 g/mol. The first kappa shape index (κ1) is 25.4. The van der Waals surface area contributed by atoms with E-state index in [9.17, 15) is 18.3 Å². The molecule has 0 unspecified atom stereocenters. The number of hydrogen-bond acceptors (Lipinski definition) is 6. The fraction of sp³-hybridized carbons (Fsp3) is 0.500. The molecule has 0 radical (unpaired) electrons. The van der Waals surface area contributed by atoms with E-state index < -0.39 is 17.8 Å². The highest BCUT2D eigenvalue weighted by atomic mass is 35.5. The number of nitrogens with zero attached hydrogens (tertiary/aromatic N) is 4. The van der Waals surface area contributed by atoms with Gasteiger partial charge in [-0.15, -0.1) is 0 Å². The predicted molar refractivity (Wildman–Crippen MR) is 139 cm³/mol. The zero-order valence-corrected chi connectivity index (χ0v) is 21.3. The van der Waals surface area contributed by atoms with Crippen molar-refractivity contribution in [2.24, 2.45) is 11.8 Å². The smallest absolute Gasteiger partial charge is 0.391 e. The second kappa shape index (κ2) is 9.69. The number of aromatic amines is 1. The van der Waals surface area contributed by atoms with Crippen LogP contribution in [0.25, 0.3) is 22.1 Å². The number of nitrogens with one attached hydrogen (secondary N) is 2. The predicted octanol–water partition coefficient (Wildman–Crippen LogP) is 4.88. The van der Waals surface area contributed by atoms with E-state index in [0.717, 1.165) is 55.7 Å². The fourth-order valence-electron chi connectivity index (χ4n) is 6.05. The lowest BCUT2D eigenvalue weighted by Gasteiger charge is -2.36. The molecule has 2 fully saturated rings. The summed E-state index contributed by atoms with van der Waals surface area (Å²) < 4.78 is 41.4. The lowest BCUT2D eigenvalue weighted by molar-refractivity contribution is -0.137. The summed E-state index contributed by atoms with van der Waals surface area (Å²) in [5.74, 6) is 2.05. The molecule has 5 N–H and O–H groups in total. The van der Waals surface area contributed by atoms with Crippen molar-refractivity contribution in [2.75, 3.05) is 12.3 Å². The topological polar surface area (TPSA) is 118 Å². The van der Waals surface area contributed by atoms with Crippen LogP contribution in [0.15, 0.2) is 30.7 Å². The van der Waals surface area contributed by atoms with Crippen LogP contribution < -0.4 is 11.1 Å². The van der Waals surface area contributed by atoms with Gasteiger partial charge in [-0.2, -0.15) is 13.2 Å². The number of imidazole rings is 1. The van der Waals surface area contributed by atoms with Gasteiger partial charge >= 0.3 is 6.18 Å². The zero-order chi connectivity index (χ0) is 26.6. The van der Waals surface area contributed by atoms with Crippen molar-refractivity contribution >= 4 is 39.5 Å². The van der Waals surface area contributed by atoms with Crippen LogP contribution in [-0.4, -0.2) is 48.3 Å². The van der Waals surface area contributed by atoms with Crippen molar-refractivity contribution < 1.29 is 18.3 Å². The van der Waals surface area contributed by atoms with Gasteiger partial charge in [-0.05, 0) is 68.7 Å². The Morgan fingerprint density at radius 3 is 2.76 bits per heavy atom. The maximum atomic E-state index is 13.1. The van der Waals surface area contributed by atoms with E-state index in [4.69, 9.17) is 17.3 Å². The molecule has 0 amide bonds. The van der Waals surface area contributed by atoms with E-state index in [-0.39, 0.29) is 11.1 Å². The minimum absolute atomic E-state index is 0.0337. The Morgan fingerprint density at radius 1 is 1.16 bits per heavy atom. The largest absolute Gasteiger partial charge is 0.417 e. The van der Waals surface area contributed by atoms with Gasteiger partial charge in [0.2, 0.25) is 0 Å². The summed E-state index contributed by atoms with van der Waals surface area (Å²) >= 11 is 5.81. The number of nitrogens with two attached hydrogens (primary N) is 1. The number of halogens is 4. The molecule has 0 spiro atoms. The number of nitrogen functional groups attached to an aromatic ring is 1. The standard InChI is InChI=1S/C26H29ClF3N7O/c27-18-10-20-19(9-17(18)26(28,29)30)35-23(36-20)2-1-13-5-15(6-13)32-11-14-7-21(22(38)8-14)37-4-3-16-24(31)33-12-34-25(16)37/h3-4,9-10,12-15,21-22,32,38H,1-2,5-8,11H2,(H,35,36)(H2,31,33,34)/t13-,14-,15+,21+,22+/m0/s1. The van der Waals surface area contributed by atoms with E-state index in [0.29, 0.717) is 47.0 Å². The van der Waals surface area contributed by atoms with Crippen LogP contribution in [0.2, 0.25) is 5.02 Å². The summed E-state index contributed by atoms with van der Waals surface area (Å²) in [5, 5.41) is 14.9. The van der Waals surface area contributed by atoms with Crippen LogP contribution in [0, 0.1) is 11.8 Å². The molecular weight excluding hydrogens is 519 g/mol. The molecule has 3 aromatic heterocycles. The number of aliphatic hydroxyl groups is 1. The number of rotatable bonds is 7. The normalized spacial score (nSPS) is 25.9. The molecule has 0 aliphatic heterocycles. The average Bonchev–Trinajstić information content (AvgIpc) is 3.53. The first-order valence-electron chi connectivity index (χ1n) is 12.9. The van der Waals surface area contributed by atoms with E-state index in [1.165, 1.54) is 12.4 Å². The molecule has 4 aromatic rings. The molecule has 38 heavy (non-hydrogen) atoms. The number of hydrogen-bond donors (Lipinski definition) is 4. The summed E-state index contributed by atoms with van der Waals surface area (Å²) in [7, 11) is 0. The van der Waals surface area contributed by atoms with E-state index >= 15 is 0 Å². The van der Waals surface area contributed by atoms with Gasteiger partial charge in [-0.3, -0.25) is 0 Å². The molecule has 12 heteroatoms. The maximum Gasteiger partial charge on any atom is 0.417 e. The minimum Gasteiger partial charge on any atom is -0.391 e. The van der Waals surface area contributed by atoms with Crippen LogP contribution in [0.5, 0.6) is 0 Å². The molecule has 0 bridgehead atoms. The summed E-state index contributed by atoms with van der Waals surface area (Å²) in [5.41, 5.74) is 6.66. The molecule has 6 rings (SSSR count). The van der Waals surface area contributed by atoms with Crippen molar-refractivity contribution in [3.8, 4) is 0 Å². The highest BCUT2D eigenvalue weighted by molar-refractivity contribution is 6.32. The number of aryl methyl sites for hydroxylation is 1. The maximum absolute atomic E-state index is 13.1. The number of alkyl halides is 3. The number of anilines is 1. The van der Waals surface area contributed by atoms with Gasteiger partial charge in [0.05, 0.1) is 39.2 Å². The summed E-state index contributed by atoms with van der Waals surface area (Å²) in [6, 6.07) is 4.62. The van der Waals surface area contributed by atoms with Crippen molar-refractivity contribution in [1.29, 1.82) is 0 Å². The zero-order valence-electron chi connectivity index (χ0n) is 20.5. The fourth-order valence-corrected chi connectivity index (χ4v) is 6.31. The second-order valence-corrected chi connectivity index (χ2v) is 11.1. The molecule has 8 nitrogen and oxygen atoms in total. The van der Waals surface area contributed by atoms with Crippen LogP contribution in [0.3, 0.4) is 0 Å². The third kappa shape index (κ3) is 4.83. The Labute approximate surface area is 221 Å².